The van der Waals surface area contributed by atoms with Crippen LogP contribution in [0.4, 0.5) is 0 Å². The van der Waals surface area contributed by atoms with Crippen LogP contribution in [-0.4, -0.2) is 14.6 Å². The molecule has 0 radical (unpaired) electrons. The summed E-state index contributed by atoms with van der Waals surface area (Å²) in [5.74, 6) is 0. The van der Waals surface area contributed by atoms with Gasteiger partial charge in [0, 0.05) is 10.9 Å². The van der Waals surface area contributed by atoms with Gasteiger partial charge in [0.15, 0.2) is 5.65 Å². The summed E-state index contributed by atoms with van der Waals surface area (Å²) < 4.78 is 1.69. The molecule has 5 heteroatoms. The van der Waals surface area contributed by atoms with E-state index in [4.69, 9.17) is 11.6 Å². The van der Waals surface area contributed by atoms with Crippen molar-refractivity contribution >= 4 is 28.6 Å². The number of imidazole rings is 1. The monoisotopic (exact) mass is 235 g/mol. The highest BCUT2D eigenvalue weighted by molar-refractivity contribution is 7.08. The quantitative estimate of drug-likeness (QED) is 0.649. The minimum absolute atomic E-state index is 0.469. The van der Waals surface area contributed by atoms with Crippen molar-refractivity contribution in [3.63, 3.8) is 0 Å². The van der Waals surface area contributed by atoms with E-state index in [2.05, 4.69) is 15.5 Å². The summed E-state index contributed by atoms with van der Waals surface area (Å²) in [6, 6.07) is 5.63. The average molecular weight is 236 g/mol. The lowest BCUT2D eigenvalue weighted by molar-refractivity contribution is 0.937. The highest BCUT2D eigenvalue weighted by Crippen LogP contribution is 2.21. The van der Waals surface area contributed by atoms with Crippen LogP contribution in [0.5, 0.6) is 0 Å². The molecule has 74 valence electrons. The second kappa shape index (κ2) is 3.32. The Morgan fingerprint density at radius 3 is 3.00 bits per heavy atom. The molecule has 0 amide bonds. The van der Waals surface area contributed by atoms with Crippen molar-refractivity contribution in [3.05, 3.63) is 40.3 Å². The second-order valence-electron chi connectivity index (χ2n) is 3.10. The number of halogens is 1. The van der Waals surface area contributed by atoms with Crippen molar-refractivity contribution in [2.75, 3.05) is 0 Å². The first-order valence-electron chi connectivity index (χ1n) is 4.37. The molecule has 0 saturated heterocycles. The molecule has 0 saturated carbocycles. The molecular formula is C10H6ClN3S. The zero-order valence-corrected chi connectivity index (χ0v) is 9.16. The van der Waals surface area contributed by atoms with Crippen LogP contribution in [0.25, 0.3) is 16.9 Å². The predicted molar refractivity (Wildman–Crippen MR) is 61.3 cm³/mol. The fourth-order valence-electron chi connectivity index (χ4n) is 1.41. The lowest BCUT2D eigenvalue weighted by atomic mass is 10.3. The zero-order valence-electron chi connectivity index (χ0n) is 7.59. The summed E-state index contributed by atoms with van der Waals surface area (Å²) in [6.07, 6.45) is 1.88. The Hall–Kier alpha value is -1.39. The molecule has 0 aliphatic heterocycles. The molecule has 3 aromatic heterocycles. The molecule has 0 fully saturated rings. The molecule has 0 N–H and O–H groups in total. The van der Waals surface area contributed by atoms with E-state index in [-0.39, 0.29) is 0 Å². The summed E-state index contributed by atoms with van der Waals surface area (Å²) in [4.78, 5) is 4.44. The molecule has 0 atom stereocenters. The predicted octanol–water partition coefficient (Wildman–Crippen LogP) is 3.11. The molecule has 3 aromatic rings. The van der Waals surface area contributed by atoms with E-state index in [1.807, 2.05) is 23.7 Å². The maximum Gasteiger partial charge on any atom is 0.154 e. The van der Waals surface area contributed by atoms with E-state index in [1.165, 1.54) is 0 Å². The first-order chi connectivity index (χ1) is 7.33. The van der Waals surface area contributed by atoms with Crippen LogP contribution < -0.4 is 0 Å². The van der Waals surface area contributed by atoms with Crippen LogP contribution in [-0.2, 0) is 0 Å². The van der Waals surface area contributed by atoms with Gasteiger partial charge >= 0.3 is 0 Å². The number of nitrogens with zero attached hydrogens (tertiary/aromatic N) is 3. The van der Waals surface area contributed by atoms with Gasteiger partial charge in [0.25, 0.3) is 0 Å². The van der Waals surface area contributed by atoms with Crippen LogP contribution in [0.1, 0.15) is 0 Å². The molecule has 0 unspecified atom stereocenters. The maximum atomic E-state index is 5.80. The molecule has 0 spiro atoms. The van der Waals surface area contributed by atoms with Gasteiger partial charge in [-0.1, -0.05) is 11.6 Å². The summed E-state index contributed by atoms with van der Waals surface area (Å²) in [7, 11) is 0. The molecule has 15 heavy (non-hydrogen) atoms. The summed E-state index contributed by atoms with van der Waals surface area (Å²) >= 11 is 7.45. The Balaban J connectivity index is 2.22. The number of fused-ring (bicyclic) bond motifs is 1. The number of hydrogen-bond donors (Lipinski definition) is 0. The third kappa shape index (κ3) is 1.52. The lowest BCUT2D eigenvalue weighted by Crippen LogP contribution is -1.88. The fourth-order valence-corrected chi connectivity index (χ4v) is 2.20. The van der Waals surface area contributed by atoms with E-state index in [1.54, 1.807) is 21.9 Å². The molecule has 3 heterocycles. The van der Waals surface area contributed by atoms with Crippen molar-refractivity contribution in [1.29, 1.82) is 0 Å². The first kappa shape index (κ1) is 8.88. The normalized spacial score (nSPS) is 11.0. The number of aromatic nitrogens is 3. The van der Waals surface area contributed by atoms with Gasteiger partial charge in [0.1, 0.15) is 5.15 Å². The summed E-state index contributed by atoms with van der Waals surface area (Å²) in [5, 5.41) is 8.68. The fraction of sp³-hybridized carbons (Fsp3) is 0. The molecule has 0 aliphatic carbocycles. The Morgan fingerprint density at radius 1 is 1.27 bits per heavy atom. The van der Waals surface area contributed by atoms with Crippen molar-refractivity contribution < 1.29 is 0 Å². The summed E-state index contributed by atoms with van der Waals surface area (Å²) in [6.45, 7) is 0. The third-order valence-electron chi connectivity index (χ3n) is 2.10. The van der Waals surface area contributed by atoms with E-state index >= 15 is 0 Å². The molecule has 0 aromatic carbocycles. The Bertz CT molecular complexity index is 600. The number of rotatable bonds is 1. The average Bonchev–Trinajstić information content (AvgIpc) is 2.84. The minimum Gasteiger partial charge on any atom is -0.227 e. The SMILES string of the molecule is Clc1ccc2nc(-c3ccsc3)cn2n1. The Morgan fingerprint density at radius 2 is 2.20 bits per heavy atom. The topological polar surface area (TPSA) is 30.2 Å². The van der Waals surface area contributed by atoms with E-state index in [0.717, 1.165) is 16.9 Å². The van der Waals surface area contributed by atoms with E-state index in [0.29, 0.717) is 5.15 Å². The minimum atomic E-state index is 0.469. The van der Waals surface area contributed by atoms with Gasteiger partial charge in [-0.3, -0.25) is 0 Å². The van der Waals surface area contributed by atoms with Gasteiger partial charge in [-0.05, 0) is 23.6 Å². The van der Waals surface area contributed by atoms with Gasteiger partial charge in [-0.15, -0.1) is 0 Å². The van der Waals surface area contributed by atoms with Gasteiger partial charge in [0.2, 0.25) is 0 Å². The Labute approximate surface area is 95.0 Å². The van der Waals surface area contributed by atoms with Crippen molar-refractivity contribution in [3.8, 4) is 11.3 Å². The molecule has 3 rings (SSSR count). The second-order valence-corrected chi connectivity index (χ2v) is 4.26. The van der Waals surface area contributed by atoms with Crippen LogP contribution in [0.15, 0.2) is 35.2 Å². The first-order valence-corrected chi connectivity index (χ1v) is 5.69. The van der Waals surface area contributed by atoms with E-state index < -0.39 is 0 Å². The van der Waals surface area contributed by atoms with Crippen LogP contribution in [0.3, 0.4) is 0 Å². The third-order valence-corrected chi connectivity index (χ3v) is 2.99. The van der Waals surface area contributed by atoms with Crippen molar-refractivity contribution in [1.82, 2.24) is 14.6 Å². The van der Waals surface area contributed by atoms with Gasteiger partial charge < -0.3 is 0 Å². The molecular weight excluding hydrogens is 230 g/mol. The lowest BCUT2D eigenvalue weighted by Gasteiger charge is -1.89. The molecule has 0 aliphatic rings. The van der Waals surface area contributed by atoms with E-state index in [9.17, 15) is 0 Å². The van der Waals surface area contributed by atoms with Gasteiger partial charge in [-0.25, -0.2) is 9.50 Å². The van der Waals surface area contributed by atoms with Gasteiger partial charge in [-0.2, -0.15) is 16.4 Å². The zero-order chi connectivity index (χ0) is 10.3. The van der Waals surface area contributed by atoms with Crippen molar-refractivity contribution in [2.24, 2.45) is 0 Å². The van der Waals surface area contributed by atoms with Crippen LogP contribution in [0.2, 0.25) is 5.15 Å². The largest absolute Gasteiger partial charge is 0.227 e. The standard InChI is InChI=1S/C10H6ClN3S/c11-9-1-2-10-12-8(5-14(10)13-9)7-3-4-15-6-7/h1-6H. The Kier molecular flexibility index (Phi) is 1.97. The van der Waals surface area contributed by atoms with Crippen molar-refractivity contribution in [2.45, 2.75) is 0 Å². The number of thiophene rings is 1. The number of hydrogen-bond acceptors (Lipinski definition) is 3. The smallest absolute Gasteiger partial charge is 0.154 e. The van der Waals surface area contributed by atoms with Crippen LogP contribution >= 0.6 is 22.9 Å². The highest BCUT2D eigenvalue weighted by Gasteiger charge is 2.05. The summed E-state index contributed by atoms with van der Waals surface area (Å²) in [5.41, 5.74) is 2.84. The maximum absolute atomic E-state index is 5.80. The molecule has 3 nitrogen and oxygen atoms in total. The highest BCUT2D eigenvalue weighted by atomic mass is 35.5. The molecule has 0 bridgehead atoms. The van der Waals surface area contributed by atoms with Gasteiger partial charge in [0.05, 0.1) is 11.9 Å². The van der Waals surface area contributed by atoms with Crippen LogP contribution in [0, 0.1) is 0 Å².